The lowest BCUT2D eigenvalue weighted by Crippen LogP contribution is -2.31. The Morgan fingerprint density at radius 1 is 1.35 bits per heavy atom. The lowest BCUT2D eigenvalue weighted by atomic mass is 10.0. The Morgan fingerprint density at radius 3 is 2.62 bits per heavy atom. The van der Waals surface area contributed by atoms with Crippen LogP contribution in [0.25, 0.3) is 0 Å². The molecule has 138 valence electrons. The summed E-state index contributed by atoms with van der Waals surface area (Å²) in [5, 5.41) is 17.5. The number of nitro groups is 1. The molecule has 0 saturated carbocycles. The van der Waals surface area contributed by atoms with E-state index in [9.17, 15) is 19.7 Å². The second-order valence-corrected chi connectivity index (χ2v) is 5.92. The molecule has 26 heavy (non-hydrogen) atoms. The van der Waals surface area contributed by atoms with Gasteiger partial charge in [-0.3, -0.25) is 19.7 Å². The molecule has 0 radical (unpaired) electrons. The van der Waals surface area contributed by atoms with Crippen molar-refractivity contribution in [2.24, 2.45) is 0 Å². The molecular formula is C17H19N3O6. The molecule has 0 fully saturated rings. The minimum absolute atomic E-state index is 0.0525. The van der Waals surface area contributed by atoms with Crippen molar-refractivity contribution < 1.29 is 23.8 Å². The smallest absolute Gasteiger partial charge is 0.308 e. The molecule has 2 rings (SSSR count). The Morgan fingerprint density at radius 2 is 2.04 bits per heavy atom. The van der Waals surface area contributed by atoms with Gasteiger partial charge in [0.25, 0.3) is 11.6 Å². The molecule has 1 aromatic heterocycles. The van der Waals surface area contributed by atoms with Crippen LogP contribution in [-0.4, -0.2) is 28.1 Å². The number of carbonyl (C=O) groups excluding carboxylic acids is 2. The van der Waals surface area contributed by atoms with Crippen molar-refractivity contribution in [2.45, 2.75) is 39.3 Å². The predicted octanol–water partition coefficient (Wildman–Crippen LogP) is 2.70. The zero-order valence-corrected chi connectivity index (χ0v) is 14.6. The standard InChI is InChI=1S/C17H19N3O6/c1-10(2)25-16(21)9-13(12-6-4-5-7-14(12)20(23)24)18-17(22)15-8-11(3)19-26-15/h4-8,10,13H,9H2,1-3H3,(H,18,22)/t13-/m1/s1. The molecule has 0 unspecified atom stereocenters. The third-order valence-corrected chi connectivity index (χ3v) is 3.40. The second-order valence-electron chi connectivity index (χ2n) is 5.92. The highest BCUT2D eigenvalue weighted by Gasteiger charge is 2.27. The van der Waals surface area contributed by atoms with Gasteiger partial charge in [-0.05, 0) is 20.8 Å². The van der Waals surface area contributed by atoms with Crippen LogP contribution in [0, 0.1) is 17.0 Å². The van der Waals surface area contributed by atoms with Crippen LogP contribution in [0.5, 0.6) is 0 Å². The van der Waals surface area contributed by atoms with E-state index < -0.39 is 22.8 Å². The molecular weight excluding hydrogens is 342 g/mol. The Kier molecular flexibility index (Phi) is 6.05. The van der Waals surface area contributed by atoms with Crippen molar-refractivity contribution in [1.82, 2.24) is 10.5 Å². The highest BCUT2D eigenvalue weighted by Crippen LogP contribution is 2.28. The number of aromatic nitrogens is 1. The molecule has 1 heterocycles. The molecule has 0 saturated heterocycles. The molecule has 0 aliphatic heterocycles. The number of amides is 1. The number of rotatable bonds is 7. The van der Waals surface area contributed by atoms with Crippen LogP contribution in [0.2, 0.25) is 0 Å². The molecule has 0 bridgehead atoms. The van der Waals surface area contributed by atoms with Gasteiger partial charge in [0.15, 0.2) is 0 Å². The number of para-hydroxylation sites is 1. The SMILES string of the molecule is Cc1cc(C(=O)N[C@H](CC(=O)OC(C)C)c2ccccc2[N+](=O)[O-])on1. The minimum atomic E-state index is -0.958. The van der Waals surface area contributed by atoms with Gasteiger partial charge in [0.2, 0.25) is 5.76 Å². The normalized spacial score (nSPS) is 11.8. The number of ether oxygens (including phenoxy) is 1. The van der Waals surface area contributed by atoms with E-state index >= 15 is 0 Å². The number of hydrogen-bond donors (Lipinski definition) is 1. The van der Waals surface area contributed by atoms with Crippen molar-refractivity contribution in [1.29, 1.82) is 0 Å². The topological polar surface area (TPSA) is 125 Å². The average Bonchev–Trinajstić information content (AvgIpc) is 3.00. The van der Waals surface area contributed by atoms with Gasteiger partial charge in [-0.25, -0.2) is 0 Å². The molecule has 9 nitrogen and oxygen atoms in total. The van der Waals surface area contributed by atoms with Crippen molar-refractivity contribution in [2.75, 3.05) is 0 Å². The van der Waals surface area contributed by atoms with Crippen LogP contribution in [0.4, 0.5) is 5.69 Å². The predicted molar refractivity (Wildman–Crippen MR) is 90.4 cm³/mol. The molecule has 1 atom stereocenters. The van der Waals surface area contributed by atoms with Crippen molar-refractivity contribution in [3.63, 3.8) is 0 Å². The van der Waals surface area contributed by atoms with Gasteiger partial charge in [0, 0.05) is 12.1 Å². The van der Waals surface area contributed by atoms with Gasteiger partial charge in [0.1, 0.15) is 0 Å². The summed E-state index contributed by atoms with van der Waals surface area (Å²) in [6.45, 7) is 5.03. The molecule has 0 aliphatic rings. The highest BCUT2D eigenvalue weighted by molar-refractivity contribution is 5.92. The summed E-state index contributed by atoms with van der Waals surface area (Å²) in [6.07, 6.45) is -0.608. The quantitative estimate of drug-likeness (QED) is 0.456. The summed E-state index contributed by atoms with van der Waals surface area (Å²) in [5.41, 5.74) is 0.503. The third kappa shape index (κ3) is 4.88. The second kappa shape index (κ2) is 8.24. The number of nitrogens with one attached hydrogen (secondary N) is 1. The summed E-state index contributed by atoms with van der Waals surface area (Å²) >= 11 is 0. The fraction of sp³-hybridized carbons (Fsp3) is 0.353. The molecule has 2 aromatic rings. The summed E-state index contributed by atoms with van der Waals surface area (Å²) < 4.78 is 10.00. The molecule has 9 heteroatoms. The zero-order valence-electron chi connectivity index (χ0n) is 14.6. The summed E-state index contributed by atoms with van der Waals surface area (Å²) in [7, 11) is 0. The van der Waals surface area contributed by atoms with Gasteiger partial charge in [-0.15, -0.1) is 0 Å². The van der Waals surface area contributed by atoms with Crippen LogP contribution < -0.4 is 5.32 Å². The average molecular weight is 361 g/mol. The van der Waals surface area contributed by atoms with Crippen LogP contribution in [0.3, 0.4) is 0 Å². The molecule has 0 spiro atoms. The number of carbonyl (C=O) groups is 2. The van der Waals surface area contributed by atoms with E-state index in [1.54, 1.807) is 26.8 Å². The monoisotopic (exact) mass is 361 g/mol. The van der Waals surface area contributed by atoms with Gasteiger partial charge in [-0.1, -0.05) is 23.4 Å². The number of nitrogens with zero attached hydrogens (tertiary/aromatic N) is 2. The van der Waals surface area contributed by atoms with Crippen LogP contribution >= 0.6 is 0 Å². The number of benzene rings is 1. The largest absolute Gasteiger partial charge is 0.463 e. The lowest BCUT2D eigenvalue weighted by Gasteiger charge is -2.18. The van der Waals surface area contributed by atoms with E-state index in [4.69, 9.17) is 9.26 Å². The summed E-state index contributed by atoms with van der Waals surface area (Å²) in [4.78, 5) is 35.1. The lowest BCUT2D eigenvalue weighted by molar-refractivity contribution is -0.385. The molecule has 1 aromatic carbocycles. The van der Waals surface area contributed by atoms with Gasteiger partial charge < -0.3 is 14.6 Å². The first-order valence-electron chi connectivity index (χ1n) is 7.95. The zero-order chi connectivity index (χ0) is 19.3. The Hall–Kier alpha value is -3.23. The number of hydrogen-bond acceptors (Lipinski definition) is 7. The highest BCUT2D eigenvalue weighted by atomic mass is 16.6. The van der Waals surface area contributed by atoms with Crippen LogP contribution in [0.1, 0.15) is 48.1 Å². The number of nitro benzene ring substituents is 1. The first-order chi connectivity index (χ1) is 12.3. The fourth-order valence-corrected chi connectivity index (χ4v) is 2.36. The first kappa shape index (κ1) is 19.1. The molecule has 0 aliphatic carbocycles. The van der Waals surface area contributed by atoms with Gasteiger partial charge in [-0.2, -0.15) is 0 Å². The number of esters is 1. The van der Waals surface area contributed by atoms with Crippen molar-refractivity contribution in [3.05, 3.63) is 57.5 Å². The number of aryl methyl sites for hydroxylation is 1. The first-order valence-corrected chi connectivity index (χ1v) is 7.95. The van der Waals surface area contributed by atoms with E-state index in [0.29, 0.717) is 5.69 Å². The third-order valence-electron chi connectivity index (χ3n) is 3.40. The fourth-order valence-electron chi connectivity index (χ4n) is 2.36. The molecule has 1 amide bonds. The van der Waals surface area contributed by atoms with Crippen LogP contribution in [0.15, 0.2) is 34.9 Å². The Labute approximate surface area is 149 Å². The molecule has 1 N–H and O–H groups in total. The maximum atomic E-state index is 12.4. The maximum absolute atomic E-state index is 12.4. The van der Waals surface area contributed by atoms with Crippen LogP contribution in [-0.2, 0) is 9.53 Å². The minimum Gasteiger partial charge on any atom is -0.463 e. The summed E-state index contributed by atoms with van der Waals surface area (Å²) in [5.74, 6) is -1.27. The van der Waals surface area contributed by atoms with Gasteiger partial charge in [0.05, 0.1) is 34.7 Å². The van der Waals surface area contributed by atoms with E-state index in [1.165, 1.54) is 24.3 Å². The van der Waals surface area contributed by atoms with Gasteiger partial charge >= 0.3 is 5.97 Å². The van der Waals surface area contributed by atoms with E-state index in [1.807, 2.05) is 0 Å². The van der Waals surface area contributed by atoms with E-state index in [2.05, 4.69) is 10.5 Å². The summed E-state index contributed by atoms with van der Waals surface area (Å²) in [6, 6.07) is 6.36. The maximum Gasteiger partial charge on any atom is 0.308 e. The Balaban J connectivity index is 2.31. The van der Waals surface area contributed by atoms with Crippen molar-refractivity contribution in [3.8, 4) is 0 Å². The Bertz CT molecular complexity index is 814. The van der Waals surface area contributed by atoms with E-state index in [0.717, 1.165) is 0 Å². The van der Waals surface area contributed by atoms with E-state index in [-0.39, 0.29) is 29.5 Å². The van der Waals surface area contributed by atoms with Crippen molar-refractivity contribution >= 4 is 17.6 Å².